The van der Waals surface area contributed by atoms with Crippen molar-refractivity contribution in [3.05, 3.63) is 34.9 Å². The third-order valence-corrected chi connectivity index (χ3v) is 3.73. The van der Waals surface area contributed by atoms with Crippen LogP contribution in [0.3, 0.4) is 0 Å². The van der Waals surface area contributed by atoms with E-state index in [1.165, 1.54) is 5.56 Å². The highest BCUT2D eigenvalue weighted by molar-refractivity contribution is 6.30. The van der Waals surface area contributed by atoms with Crippen LogP contribution in [0.5, 0.6) is 0 Å². The van der Waals surface area contributed by atoms with Crippen LogP contribution in [0.15, 0.2) is 24.3 Å². The van der Waals surface area contributed by atoms with Gasteiger partial charge in [0.15, 0.2) is 0 Å². The van der Waals surface area contributed by atoms with Crippen molar-refractivity contribution in [3.8, 4) is 0 Å². The normalized spacial score (nSPS) is 22.4. The Hall–Kier alpha value is -1.06. The van der Waals surface area contributed by atoms with Crippen LogP contribution in [0.1, 0.15) is 24.3 Å². The average Bonchev–Trinajstić information content (AvgIpc) is 2.26. The molecule has 0 bridgehead atoms. The lowest BCUT2D eigenvalue weighted by Gasteiger charge is -2.36. The number of nitrogens with zero attached hydrogens (tertiary/aromatic N) is 1. The number of halogens is 1. The van der Waals surface area contributed by atoms with Gasteiger partial charge in [-0.05, 0) is 36.5 Å². The van der Waals surface area contributed by atoms with Gasteiger partial charge in [0.05, 0.1) is 6.54 Å². The van der Waals surface area contributed by atoms with Crippen molar-refractivity contribution < 1.29 is 4.79 Å². The number of amides is 1. The zero-order valence-electron chi connectivity index (χ0n) is 10.8. The number of likely N-dealkylation sites (N-methyl/N-ethyl adjacent to an activating group) is 1. The van der Waals surface area contributed by atoms with Crippen LogP contribution >= 0.6 is 11.6 Å². The molecular weight excluding hydrogens is 248 g/mol. The Morgan fingerprint density at radius 3 is 2.78 bits per heavy atom. The lowest BCUT2D eigenvalue weighted by molar-refractivity contribution is -0.128. The molecule has 1 fully saturated rings. The molecule has 0 unspecified atom stereocenters. The first-order valence-electron chi connectivity index (χ1n) is 6.25. The minimum absolute atomic E-state index is 0.126. The van der Waals surface area contributed by atoms with E-state index in [9.17, 15) is 4.79 Å². The Bertz CT molecular complexity index is 428. The molecular formula is C14H19ClN2O. The number of nitrogens with one attached hydrogen (secondary N) is 1. The summed E-state index contributed by atoms with van der Waals surface area (Å²) in [5.74, 6) is 0.705. The molecule has 3 nitrogen and oxygen atoms in total. The molecule has 1 N–H and O–H groups in total. The molecule has 0 aliphatic heterocycles. The third-order valence-electron chi connectivity index (χ3n) is 3.50. The minimum Gasteiger partial charge on any atom is -0.348 e. The van der Waals surface area contributed by atoms with E-state index in [4.69, 9.17) is 11.6 Å². The summed E-state index contributed by atoms with van der Waals surface area (Å²) in [5.41, 5.74) is 1.31. The van der Waals surface area contributed by atoms with Crippen molar-refractivity contribution >= 4 is 17.5 Å². The molecule has 0 heterocycles. The molecule has 4 heteroatoms. The molecule has 1 saturated carbocycles. The van der Waals surface area contributed by atoms with Crippen molar-refractivity contribution in [2.45, 2.75) is 24.8 Å². The smallest absolute Gasteiger partial charge is 0.236 e. The molecule has 98 valence electrons. The van der Waals surface area contributed by atoms with Crippen molar-refractivity contribution in [2.24, 2.45) is 0 Å². The summed E-state index contributed by atoms with van der Waals surface area (Å²) in [4.78, 5) is 13.0. The number of hydrogen-bond acceptors (Lipinski definition) is 2. The lowest BCUT2D eigenvalue weighted by Crippen LogP contribution is -2.44. The van der Waals surface area contributed by atoms with E-state index in [2.05, 4.69) is 11.4 Å². The quantitative estimate of drug-likeness (QED) is 0.907. The maximum absolute atomic E-state index is 11.4. The van der Waals surface area contributed by atoms with Crippen molar-refractivity contribution in [2.75, 3.05) is 20.6 Å². The Labute approximate surface area is 113 Å². The van der Waals surface area contributed by atoms with Crippen LogP contribution in [0.25, 0.3) is 0 Å². The van der Waals surface area contributed by atoms with Crippen LogP contribution in [-0.2, 0) is 4.79 Å². The summed E-state index contributed by atoms with van der Waals surface area (Å²) in [6.45, 7) is 0.430. The summed E-state index contributed by atoms with van der Waals surface area (Å²) < 4.78 is 0. The molecule has 1 aromatic rings. The molecule has 1 amide bonds. The van der Waals surface area contributed by atoms with Gasteiger partial charge in [-0.3, -0.25) is 4.79 Å². The van der Waals surface area contributed by atoms with Crippen LogP contribution in [-0.4, -0.2) is 37.5 Å². The van der Waals surface area contributed by atoms with E-state index in [0.29, 0.717) is 18.5 Å². The van der Waals surface area contributed by atoms with Gasteiger partial charge in [-0.2, -0.15) is 0 Å². The molecule has 1 aliphatic carbocycles. The van der Waals surface area contributed by atoms with E-state index < -0.39 is 0 Å². The van der Waals surface area contributed by atoms with Gasteiger partial charge in [0.2, 0.25) is 5.91 Å². The van der Waals surface area contributed by atoms with Gasteiger partial charge in [-0.1, -0.05) is 23.7 Å². The van der Waals surface area contributed by atoms with Gasteiger partial charge in [-0.15, -0.1) is 0 Å². The molecule has 1 aliphatic rings. The Morgan fingerprint density at radius 2 is 2.17 bits per heavy atom. The fourth-order valence-corrected chi connectivity index (χ4v) is 2.41. The first-order chi connectivity index (χ1) is 8.56. The highest BCUT2D eigenvalue weighted by Gasteiger charge is 2.30. The molecule has 18 heavy (non-hydrogen) atoms. The van der Waals surface area contributed by atoms with Crippen LogP contribution in [0.2, 0.25) is 5.02 Å². The lowest BCUT2D eigenvalue weighted by atomic mass is 9.76. The van der Waals surface area contributed by atoms with Crippen molar-refractivity contribution in [3.63, 3.8) is 0 Å². The fraction of sp³-hybridized carbons (Fsp3) is 0.500. The standard InChI is InChI=1S/C14H19ClN2O/c1-17(2)14(18)9-16-13-7-11(8-13)10-4-3-5-12(15)6-10/h3-6,11,13,16H,7-9H2,1-2H3. The van der Waals surface area contributed by atoms with Crippen molar-refractivity contribution in [1.29, 1.82) is 0 Å². The number of hydrogen-bond donors (Lipinski definition) is 1. The van der Waals surface area contributed by atoms with E-state index in [-0.39, 0.29) is 5.91 Å². The van der Waals surface area contributed by atoms with Crippen LogP contribution in [0, 0.1) is 0 Å². The second kappa shape index (κ2) is 5.72. The topological polar surface area (TPSA) is 32.3 Å². The maximum Gasteiger partial charge on any atom is 0.236 e. The van der Waals surface area contributed by atoms with Gasteiger partial charge in [0.1, 0.15) is 0 Å². The summed E-state index contributed by atoms with van der Waals surface area (Å²) >= 11 is 5.98. The Morgan fingerprint density at radius 1 is 1.44 bits per heavy atom. The van der Waals surface area contributed by atoms with Crippen molar-refractivity contribution in [1.82, 2.24) is 10.2 Å². The molecule has 0 saturated heterocycles. The predicted octanol–water partition coefficient (Wildman–Crippen LogP) is 2.26. The third kappa shape index (κ3) is 3.24. The Kier molecular flexibility index (Phi) is 4.25. The highest BCUT2D eigenvalue weighted by atomic mass is 35.5. The summed E-state index contributed by atoms with van der Waals surface area (Å²) in [5, 5.41) is 4.09. The van der Waals surface area contributed by atoms with E-state index >= 15 is 0 Å². The van der Waals surface area contributed by atoms with Crippen LogP contribution in [0.4, 0.5) is 0 Å². The summed E-state index contributed by atoms with van der Waals surface area (Å²) in [6, 6.07) is 8.51. The van der Waals surface area contributed by atoms with Crippen LogP contribution < -0.4 is 5.32 Å². The van der Waals surface area contributed by atoms with E-state index in [1.807, 2.05) is 18.2 Å². The fourth-order valence-electron chi connectivity index (χ4n) is 2.21. The first kappa shape index (κ1) is 13.4. The van der Waals surface area contributed by atoms with E-state index in [0.717, 1.165) is 17.9 Å². The van der Waals surface area contributed by atoms with Gasteiger partial charge < -0.3 is 10.2 Å². The SMILES string of the molecule is CN(C)C(=O)CNC1CC(c2cccc(Cl)c2)C1. The predicted molar refractivity (Wildman–Crippen MR) is 73.9 cm³/mol. The van der Waals surface area contributed by atoms with Gasteiger partial charge in [0.25, 0.3) is 0 Å². The van der Waals surface area contributed by atoms with Gasteiger partial charge >= 0.3 is 0 Å². The molecule has 0 spiro atoms. The zero-order chi connectivity index (χ0) is 13.1. The molecule has 2 rings (SSSR count). The maximum atomic E-state index is 11.4. The summed E-state index contributed by atoms with van der Waals surface area (Å²) in [7, 11) is 3.55. The highest BCUT2D eigenvalue weighted by Crippen LogP contribution is 2.37. The molecule has 0 radical (unpaired) electrons. The zero-order valence-corrected chi connectivity index (χ0v) is 11.6. The largest absolute Gasteiger partial charge is 0.348 e. The number of benzene rings is 1. The number of carbonyl (C=O) groups excluding carboxylic acids is 1. The Balaban J connectivity index is 1.76. The molecule has 0 atom stereocenters. The summed E-state index contributed by atoms with van der Waals surface area (Å²) in [6.07, 6.45) is 2.17. The minimum atomic E-state index is 0.126. The average molecular weight is 267 g/mol. The molecule has 1 aromatic carbocycles. The second-order valence-electron chi connectivity index (χ2n) is 5.09. The van der Waals surface area contributed by atoms with E-state index in [1.54, 1.807) is 19.0 Å². The first-order valence-corrected chi connectivity index (χ1v) is 6.63. The second-order valence-corrected chi connectivity index (χ2v) is 5.53. The number of rotatable bonds is 4. The number of carbonyl (C=O) groups is 1. The van der Waals surface area contributed by atoms with Gasteiger partial charge in [0, 0.05) is 25.2 Å². The molecule has 0 aromatic heterocycles. The monoisotopic (exact) mass is 266 g/mol. The van der Waals surface area contributed by atoms with Gasteiger partial charge in [-0.25, -0.2) is 0 Å².